The smallest absolute Gasteiger partial charge is 0.365 e. The van der Waals surface area contributed by atoms with Crippen molar-refractivity contribution in [3.05, 3.63) is 70.8 Å². The third-order valence-electron chi connectivity index (χ3n) is 2.83. The van der Waals surface area contributed by atoms with Crippen molar-refractivity contribution < 1.29 is 9.63 Å². The van der Waals surface area contributed by atoms with E-state index in [1.165, 1.54) is 0 Å². The number of carbonyl (C=O) groups excluding carboxylic acids is 1. The number of benzene rings is 2. The summed E-state index contributed by atoms with van der Waals surface area (Å²) in [7, 11) is 0. The summed E-state index contributed by atoms with van der Waals surface area (Å²) < 4.78 is 0. The first-order valence-electron chi connectivity index (χ1n) is 6.25. The lowest BCUT2D eigenvalue weighted by molar-refractivity contribution is 0.0516. The number of hydrogen-bond donors (Lipinski definition) is 1. The van der Waals surface area contributed by atoms with Gasteiger partial charge in [0.25, 0.3) is 0 Å². The lowest BCUT2D eigenvalue weighted by Crippen LogP contribution is -2.15. The van der Waals surface area contributed by atoms with E-state index in [2.05, 4.69) is 5.16 Å². The van der Waals surface area contributed by atoms with Crippen LogP contribution in [0.1, 0.15) is 27.0 Å². The molecule has 2 rings (SSSR count). The van der Waals surface area contributed by atoms with Crippen LogP contribution in [0.3, 0.4) is 0 Å². The predicted octanol–water partition coefficient (Wildman–Crippen LogP) is 2.78. The molecule has 2 aromatic carbocycles. The van der Waals surface area contributed by atoms with E-state index in [0.29, 0.717) is 11.1 Å². The van der Waals surface area contributed by atoms with Gasteiger partial charge in [-0.25, -0.2) is 4.79 Å². The molecule has 0 atom stereocenters. The molecule has 0 radical (unpaired) electrons. The first-order valence-corrected chi connectivity index (χ1v) is 6.25. The van der Waals surface area contributed by atoms with Crippen LogP contribution in [0.5, 0.6) is 0 Å². The Kier molecular flexibility index (Phi) is 4.15. The zero-order chi connectivity index (χ0) is 14.5. The van der Waals surface area contributed by atoms with Crippen LogP contribution in [0.2, 0.25) is 0 Å². The molecule has 0 aliphatic rings. The van der Waals surface area contributed by atoms with Gasteiger partial charge in [0, 0.05) is 5.56 Å². The minimum atomic E-state index is -0.524. The zero-order valence-corrected chi connectivity index (χ0v) is 11.5. The van der Waals surface area contributed by atoms with Crippen molar-refractivity contribution in [1.82, 2.24) is 0 Å². The molecule has 0 amide bonds. The van der Waals surface area contributed by atoms with Crippen LogP contribution in [0.15, 0.2) is 53.7 Å². The highest BCUT2D eigenvalue weighted by Crippen LogP contribution is 2.07. The topological polar surface area (TPSA) is 64.7 Å². The van der Waals surface area contributed by atoms with Crippen molar-refractivity contribution >= 4 is 11.8 Å². The van der Waals surface area contributed by atoms with Gasteiger partial charge in [0.2, 0.25) is 0 Å². The van der Waals surface area contributed by atoms with E-state index in [1.54, 1.807) is 18.2 Å². The highest BCUT2D eigenvalue weighted by molar-refractivity contribution is 5.98. The first kappa shape index (κ1) is 13.8. The summed E-state index contributed by atoms with van der Waals surface area (Å²) in [6.45, 7) is 3.88. The molecule has 0 unspecified atom stereocenters. The molecule has 4 heteroatoms. The maximum Gasteiger partial charge on any atom is 0.365 e. The van der Waals surface area contributed by atoms with Gasteiger partial charge in [-0.1, -0.05) is 52.7 Å². The Morgan fingerprint density at radius 3 is 2.35 bits per heavy atom. The molecule has 4 nitrogen and oxygen atoms in total. The Hall–Kier alpha value is -2.62. The van der Waals surface area contributed by atoms with Gasteiger partial charge in [-0.05, 0) is 26.0 Å². The van der Waals surface area contributed by atoms with Gasteiger partial charge in [0.05, 0.1) is 5.56 Å². The average molecular weight is 268 g/mol. The number of rotatable bonds is 3. The van der Waals surface area contributed by atoms with Crippen molar-refractivity contribution in [1.29, 1.82) is 0 Å². The Morgan fingerprint density at radius 1 is 1.00 bits per heavy atom. The van der Waals surface area contributed by atoms with E-state index >= 15 is 0 Å². The Balaban J connectivity index is 2.08. The first-order chi connectivity index (χ1) is 9.56. The summed E-state index contributed by atoms with van der Waals surface area (Å²) in [6.07, 6.45) is 0. The molecule has 0 saturated carbocycles. The molecule has 0 bridgehead atoms. The maximum atomic E-state index is 11.8. The molecule has 2 N–H and O–H groups in total. The predicted molar refractivity (Wildman–Crippen MR) is 78.5 cm³/mol. The van der Waals surface area contributed by atoms with Crippen molar-refractivity contribution in [2.45, 2.75) is 13.8 Å². The lowest BCUT2D eigenvalue weighted by Gasteiger charge is -2.02. The average Bonchev–Trinajstić information content (AvgIpc) is 2.45. The molecular weight excluding hydrogens is 252 g/mol. The summed E-state index contributed by atoms with van der Waals surface area (Å²) in [5.74, 6) is -0.352. The molecule has 0 fully saturated rings. The van der Waals surface area contributed by atoms with E-state index in [4.69, 9.17) is 10.6 Å². The molecule has 0 aliphatic heterocycles. The van der Waals surface area contributed by atoms with Crippen LogP contribution in [0, 0.1) is 13.8 Å². The van der Waals surface area contributed by atoms with Gasteiger partial charge in [-0.2, -0.15) is 0 Å². The molecule has 102 valence electrons. The standard InChI is InChI=1S/C16H16N2O2/c1-11-6-8-13(9-7-11)15(17)18-20-16(19)14-5-3-4-12(2)10-14/h3-10H,1-2H3,(H2,17,18). The molecule has 0 saturated heterocycles. The Labute approximate surface area is 117 Å². The third-order valence-corrected chi connectivity index (χ3v) is 2.83. The van der Waals surface area contributed by atoms with Gasteiger partial charge in [-0.15, -0.1) is 0 Å². The largest absolute Gasteiger partial charge is 0.380 e. The fourth-order valence-corrected chi connectivity index (χ4v) is 1.69. The van der Waals surface area contributed by atoms with E-state index in [9.17, 15) is 4.79 Å². The quantitative estimate of drug-likeness (QED) is 0.403. The number of aryl methyl sites for hydroxylation is 2. The molecule has 20 heavy (non-hydrogen) atoms. The van der Waals surface area contributed by atoms with E-state index < -0.39 is 5.97 Å². The number of nitrogens with zero attached hydrogens (tertiary/aromatic N) is 1. The second kappa shape index (κ2) is 6.02. The second-order valence-electron chi connectivity index (χ2n) is 4.59. The lowest BCUT2D eigenvalue weighted by atomic mass is 10.1. The molecule has 2 aromatic rings. The van der Waals surface area contributed by atoms with Gasteiger partial charge in [0.1, 0.15) is 0 Å². The van der Waals surface area contributed by atoms with Crippen molar-refractivity contribution in [3.63, 3.8) is 0 Å². The van der Waals surface area contributed by atoms with E-state index in [-0.39, 0.29) is 5.84 Å². The Morgan fingerprint density at radius 2 is 1.70 bits per heavy atom. The van der Waals surface area contributed by atoms with Gasteiger partial charge in [0.15, 0.2) is 5.84 Å². The van der Waals surface area contributed by atoms with Gasteiger partial charge < -0.3 is 10.6 Å². The number of oxime groups is 1. The maximum absolute atomic E-state index is 11.8. The number of amidine groups is 1. The van der Waals surface area contributed by atoms with Crippen LogP contribution in [0.4, 0.5) is 0 Å². The van der Waals surface area contributed by atoms with Crippen LogP contribution < -0.4 is 5.73 Å². The monoisotopic (exact) mass is 268 g/mol. The van der Waals surface area contributed by atoms with Gasteiger partial charge in [-0.3, -0.25) is 0 Å². The third kappa shape index (κ3) is 3.45. The highest BCUT2D eigenvalue weighted by Gasteiger charge is 2.07. The summed E-state index contributed by atoms with van der Waals surface area (Å²) in [5.41, 5.74) is 9.04. The van der Waals surface area contributed by atoms with Crippen molar-refractivity contribution in [3.8, 4) is 0 Å². The molecular formula is C16H16N2O2. The number of carbonyl (C=O) groups is 1. The summed E-state index contributed by atoms with van der Waals surface area (Å²) >= 11 is 0. The fraction of sp³-hybridized carbons (Fsp3) is 0.125. The summed E-state index contributed by atoms with van der Waals surface area (Å²) in [5, 5.41) is 3.67. The van der Waals surface area contributed by atoms with Gasteiger partial charge >= 0.3 is 5.97 Å². The zero-order valence-electron chi connectivity index (χ0n) is 11.5. The minimum Gasteiger partial charge on any atom is -0.380 e. The summed E-state index contributed by atoms with van der Waals surface area (Å²) in [4.78, 5) is 16.7. The Bertz CT molecular complexity index is 646. The summed E-state index contributed by atoms with van der Waals surface area (Å²) in [6, 6.07) is 14.6. The fourth-order valence-electron chi connectivity index (χ4n) is 1.69. The normalized spacial score (nSPS) is 11.2. The van der Waals surface area contributed by atoms with Crippen molar-refractivity contribution in [2.75, 3.05) is 0 Å². The second-order valence-corrected chi connectivity index (χ2v) is 4.59. The minimum absolute atomic E-state index is 0.172. The SMILES string of the molecule is Cc1ccc(/C(N)=N\OC(=O)c2cccc(C)c2)cc1. The molecule has 0 spiro atoms. The highest BCUT2D eigenvalue weighted by atomic mass is 16.7. The van der Waals surface area contributed by atoms with Crippen LogP contribution in [0.25, 0.3) is 0 Å². The van der Waals surface area contributed by atoms with Crippen LogP contribution >= 0.6 is 0 Å². The van der Waals surface area contributed by atoms with E-state index in [1.807, 2.05) is 44.2 Å². The van der Waals surface area contributed by atoms with Crippen LogP contribution in [-0.2, 0) is 4.84 Å². The van der Waals surface area contributed by atoms with Crippen molar-refractivity contribution in [2.24, 2.45) is 10.9 Å². The molecule has 0 heterocycles. The number of nitrogens with two attached hydrogens (primary N) is 1. The van der Waals surface area contributed by atoms with Crippen LogP contribution in [-0.4, -0.2) is 11.8 Å². The van der Waals surface area contributed by atoms with E-state index in [0.717, 1.165) is 11.1 Å². The molecule has 0 aromatic heterocycles. The molecule has 0 aliphatic carbocycles. The number of hydrogen-bond acceptors (Lipinski definition) is 3.